The molecule has 0 radical (unpaired) electrons. The molecule has 0 bridgehead atoms. The van der Waals surface area contributed by atoms with Crippen LogP contribution in [0, 0.1) is 0 Å². The predicted molar refractivity (Wildman–Crippen MR) is 63.9 cm³/mol. The highest BCUT2D eigenvalue weighted by atomic mass is 35.5. The summed E-state index contributed by atoms with van der Waals surface area (Å²) in [6.07, 6.45) is 8.89. The summed E-state index contributed by atoms with van der Waals surface area (Å²) in [4.78, 5) is 0. The smallest absolute Gasteiger partial charge is 0.244 e. The lowest BCUT2D eigenvalue weighted by Gasteiger charge is -2.21. The fourth-order valence-electron chi connectivity index (χ4n) is 1.44. The predicted octanol–water partition coefficient (Wildman–Crippen LogP) is 0.0698. The van der Waals surface area contributed by atoms with Gasteiger partial charge in [0.1, 0.15) is 23.5 Å². The number of hydrogen-bond donors (Lipinski definition) is 0. The van der Waals surface area contributed by atoms with Crippen molar-refractivity contribution in [2.24, 2.45) is 0 Å². The second kappa shape index (κ2) is 5.22. The summed E-state index contributed by atoms with van der Waals surface area (Å²) < 4.78 is 4.62. The third-order valence-electron chi connectivity index (χ3n) is 3.77. The quantitative estimate of drug-likeness (QED) is 0.663. The lowest BCUT2D eigenvalue weighted by atomic mass is 10.0. The Morgan fingerprint density at radius 3 is 2.06 bits per heavy atom. The minimum atomic E-state index is 0. The zero-order valence-electron chi connectivity index (χ0n) is 11.4. The van der Waals surface area contributed by atoms with Crippen molar-refractivity contribution in [1.82, 2.24) is 4.57 Å². The first-order chi connectivity index (χ1) is 6.83. The Hall–Kier alpha value is -0.500. The van der Waals surface area contributed by atoms with Gasteiger partial charge >= 0.3 is 0 Å². The van der Waals surface area contributed by atoms with Crippen molar-refractivity contribution in [2.75, 3.05) is 0 Å². The molecule has 0 aliphatic rings. The molecule has 1 aromatic rings. The number of nitrogens with zero attached hydrogens (tertiary/aromatic N) is 2. The van der Waals surface area contributed by atoms with Gasteiger partial charge in [0, 0.05) is 0 Å². The van der Waals surface area contributed by atoms with E-state index < -0.39 is 0 Å². The van der Waals surface area contributed by atoms with E-state index in [1.54, 1.807) is 0 Å². The first-order valence-corrected chi connectivity index (χ1v) is 5.93. The van der Waals surface area contributed by atoms with Crippen molar-refractivity contribution < 1.29 is 17.0 Å². The number of hydrogen-bond acceptors (Lipinski definition) is 0. The molecule has 94 valence electrons. The topological polar surface area (TPSA) is 8.81 Å². The molecular weight excluding hydrogens is 220 g/mol. The van der Waals surface area contributed by atoms with Crippen molar-refractivity contribution in [3.63, 3.8) is 0 Å². The van der Waals surface area contributed by atoms with Gasteiger partial charge in [0.15, 0.2) is 0 Å². The molecule has 0 N–H and O–H groups in total. The second-order valence-electron chi connectivity index (χ2n) is 5.56. The van der Waals surface area contributed by atoms with Crippen LogP contribution in [-0.2, 0) is 11.1 Å². The van der Waals surface area contributed by atoms with Crippen LogP contribution in [0.4, 0.5) is 0 Å². The molecule has 0 fully saturated rings. The van der Waals surface area contributed by atoms with E-state index in [2.05, 4.69) is 69.4 Å². The van der Waals surface area contributed by atoms with Crippen LogP contribution < -0.4 is 17.0 Å². The number of imidazole rings is 1. The fraction of sp³-hybridized carbons (Fsp3) is 0.769. The van der Waals surface area contributed by atoms with Gasteiger partial charge in [0.25, 0.3) is 0 Å². The van der Waals surface area contributed by atoms with Gasteiger partial charge in [-0.2, -0.15) is 0 Å². The number of aromatic nitrogens is 2. The summed E-state index contributed by atoms with van der Waals surface area (Å²) in [5.74, 6) is 0. The molecule has 0 unspecified atom stereocenters. The Balaban J connectivity index is 0.00000225. The average molecular weight is 245 g/mol. The zero-order chi connectivity index (χ0) is 11.7. The minimum Gasteiger partial charge on any atom is -1.00 e. The molecule has 1 aromatic heterocycles. The Bertz CT molecular complexity index is 296. The molecule has 0 spiro atoms. The van der Waals surface area contributed by atoms with Crippen molar-refractivity contribution >= 4 is 0 Å². The summed E-state index contributed by atoms with van der Waals surface area (Å²) in [6, 6.07) is 0. The van der Waals surface area contributed by atoms with E-state index in [4.69, 9.17) is 0 Å². The normalized spacial score (nSPS) is 12.4. The van der Waals surface area contributed by atoms with Gasteiger partial charge in [-0.15, -0.1) is 0 Å². The standard InChI is InChI=1S/C13H25N2.ClH/c1-7-12(3,4)14-9-10-15(11-14)13(5,6)8-2;/h9-11H,7-8H2,1-6H3;1H/q+1;/p-1. The van der Waals surface area contributed by atoms with E-state index in [9.17, 15) is 0 Å². The summed E-state index contributed by atoms with van der Waals surface area (Å²) in [6.45, 7) is 13.6. The summed E-state index contributed by atoms with van der Waals surface area (Å²) in [5, 5.41) is 0. The summed E-state index contributed by atoms with van der Waals surface area (Å²) >= 11 is 0. The molecule has 0 aliphatic heterocycles. The van der Waals surface area contributed by atoms with Crippen LogP contribution in [0.1, 0.15) is 54.4 Å². The van der Waals surface area contributed by atoms with Crippen LogP contribution >= 0.6 is 0 Å². The van der Waals surface area contributed by atoms with E-state index in [0.29, 0.717) is 0 Å². The molecule has 0 amide bonds. The number of rotatable bonds is 4. The van der Waals surface area contributed by atoms with Gasteiger partial charge in [0.2, 0.25) is 6.33 Å². The van der Waals surface area contributed by atoms with Crippen LogP contribution in [0.5, 0.6) is 0 Å². The highest BCUT2D eigenvalue weighted by Crippen LogP contribution is 2.19. The summed E-state index contributed by atoms with van der Waals surface area (Å²) in [5.41, 5.74) is 0.435. The third-order valence-corrected chi connectivity index (χ3v) is 3.77. The van der Waals surface area contributed by atoms with E-state index in [1.807, 2.05) is 0 Å². The molecule has 0 aliphatic carbocycles. The molecule has 3 heteroatoms. The van der Waals surface area contributed by atoms with Crippen LogP contribution in [0.25, 0.3) is 0 Å². The molecule has 0 saturated heterocycles. The maximum Gasteiger partial charge on any atom is 0.244 e. The summed E-state index contributed by atoms with van der Waals surface area (Å²) in [7, 11) is 0. The minimum absolute atomic E-state index is 0. The Labute approximate surface area is 106 Å². The van der Waals surface area contributed by atoms with Gasteiger partial charge in [-0.3, -0.25) is 0 Å². The molecular formula is C13H25ClN2. The highest BCUT2D eigenvalue weighted by molar-refractivity contribution is 4.82. The SMILES string of the molecule is CCC(C)(C)n1cc[n+](C(C)(C)CC)c1.[Cl-]. The van der Waals surface area contributed by atoms with E-state index in [1.165, 1.54) is 0 Å². The highest BCUT2D eigenvalue weighted by Gasteiger charge is 2.28. The van der Waals surface area contributed by atoms with Crippen molar-refractivity contribution in [3.8, 4) is 0 Å². The van der Waals surface area contributed by atoms with Gasteiger partial charge < -0.3 is 12.4 Å². The van der Waals surface area contributed by atoms with Crippen molar-refractivity contribution in [2.45, 2.75) is 65.5 Å². The lowest BCUT2D eigenvalue weighted by Crippen LogP contribution is -3.00. The first kappa shape index (κ1) is 15.5. The van der Waals surface area contributed by atoms with Gasteiger partial charge in [-0.1, -0.05) is 13.8 Å². The van der Waals surface area contributed by atoms with Gasteiger partial charge in [-0.05, 0) is 40.5 Å². The molecule has 16 heavy (non-hydrogen) atoms. The zero-order valence-corrected chi connectivity index (χ0v) is 12.2. The molecule has 0 atom stereocenters. The Morgan fingerprint density at radius 2 is 1.62 bits per heavy atom. The van der Waals surface area contributed by atoms with Crippen LogP contribution in [0.15, 0.2) is 18.7 Å². The van der Waals surface area contributed by atoms with Crippen molar-refractivity contribution in [3.05, 3.63) is 18.7 Å². The third kappa shape index (κ3) is 3.00. The fourth-order valence-corrected chi connectivity index (χ4v) is 1.44. The molecule has 2 nitrogen and oxygen atoms in total. The van der Waals surface area contributed by atoms with Gasteiger partial charge in [-0.25, -0.2) is 9.13 Å². The second-order valence-corrected chi connectivity index (χ2v) is 5.56. The molecule has 1 rings (SSSR count). The van der Waals surface area contributed by atoms with E-state index in [0.717, 1.165) is 12.8 Å². The lowest BCUT2D eigenvalue weighted by molar-refractivity contribution is -0.758. The van der Waals surface area contributed by atoms with E-state index >= 15 is 0 Å². The Kier molecular flexibility index (Phi) is 5.06. The average Bonchev–Trinajstić information content (AvgIpc) is 2.67. The maximum absolute atomic E-state index is 2.31. The van der Waals surface area contributed by atoms with Gasteiger partial charge in [0.05, 0.1) is 0 Å². The largest absolute Gasteiger partial charge is 1.00 e. The first-order valence-electron chi connectivity index (χ1n) is 5.93. The van der Waals surface area contributed by atoms with E-state index in [-0.39, 0.29) is 23.5 Å². The van der Waals surface area contributed by atoms with Crippen LogP contribution in [0.3, 0.4) is 0 Å². The number of halogens is 1. The molecule has 1 heterocycles. The van der Waals surface area contributed by atoms with Crippen LogP contribution in [-0.4, -0.2) is 4.57 Å². The molecule has 0 aromatic carbocycles. The monoisotopic (exact) mass is 244 g/mol. The van der Waals surface area contributed by atoms with Crippen molar-refractivity contribution in [1.29, 1.82) is 0 Å². The Morgan fingerprint density at radius 1 is 1.06 bits per heavy atom. The maximum atomic E-state index is 2.31. The van der Waals surface area contributed by atoms with Crippen LogP contribution in [0.2, 0.25) is 0 Å². The molecule has 0 saturated carbocycles.